The number of hydrogen-bond acceptors (Lipinski definition) is 4. The van der Waals surface area contributed by atoms with Gasteiger partial charge >= 0.3 is 5.97 Å². The molecule has 0 heterocycles. The monoisotopic (exact) mass is 557 g/mol. The van der Waals surface area contributed by atoms with E-state index in [0.29, 0.717) is 30.2 Å². The molecule has 0 radical (unpaired) electrons. The molecule has 0 fully saturated rings. The van der Waals surface area contributed by atoms with E-state index >= 15 is 0 Å². The summed E-state index contributed by atoms with van der Waals surface area (Å²) in [7, 11) is 0. The Balaban J connectivity index is 1.26. The maximum atomic E-state index is 13.2. The normalized spacial score (nSPS) is 15.8. The minimum atomic E-state index is -1.17. The number of benzene rings is 4. The van der Waals surface area contributed by atoms with Crippen molar-refractivity contribution in [3.05, 3.63) is 124 Å². The lowest BCUT2D eigenvalue weighted by molar-refractivity contribution is -0.153. The highest BCUT2D eigenvalue weighted by Crippen LogP contribution is 2.36. The molecular formula is C33H29ClFNO4. The summed E-state index contributed by atoms with van der Waals surface area (Å²) in [6.45, 7) is 2.28. The van der Waals surface area contributed by atoms with Gasteiger partial charge in [0.15, 0.2) is 0 Å². The number of amides is 1. The minimum Gasteiger partial charge on any atom is -0.489 e. The Morgan fingerprint density at radius 2 is 1.60 bits per heavy atom. The lowest BCUT2D eigenvalue weighted by atomic mass is 9.95. The summed E-state index contributed by atoms with van der Waals surface area (Å²) in [5, 5.41) is 3.66. The molecule has 0 spiro atoms. The largest absolute Gasteiger partial charge is 0.489 e. The Labute approximate surface area is 237 Å². The lowest BCUT2D eigenvalue weighted by Gasteiger charge is -2.28. The SMILES string of the molecule is CCOC(=O)C1(NC(=O)Cc2ccc(OCc3ccc(F)cc3)cc2)Cc2ccc(-c3ccccc3Cl)cc2C1. The van der Waals surface area contributed by atoms with E-state index < -0.39 is 11.5 Å². The Hall–Kier alpha value is -4.16. The molecule has 4 aromatic rings. The molecule has 1 amide bonds. The summed E-state index contributed by atoms with van der Waals surface area (Å²) >= 11 is 6.41. The molecule has 1 aliphatic carbocycles. The first-order chi connectivity index (χ1) is 19.3. The molecule has 0 aromatic heterocycles. The summed E-state index contributed by atoms with van der Waals surface area (Å²) in [6, 6.07) is 27.0. The van der Waals surface area contributed by atoms with E-state index in [1.807, 2.05) is 54.6 Å². The van der Waals surface area contributed by atoms with Gasteiger partial charge in [0, 0.05) is 23.4 Å². The van der Waals surface area contributed by atoms with Crippen molar-refractivity contribution >= 4 is 23.5 Å². The molecule has 4 aromatic carbocycles. The van der Waals surface area contributed by atoms with Gasteiger partial charge in [0.25, 0.3) is 0 Å². The van der Waals surface area contributed by atoms with Crippen LogP contribution in [-0.2, 0) is 40.2 Å². The van der Waals surface area contributed by atoms with Crippen LogP contribution in [0.3, 0.4) is 0 Å². The van der Waals surface area contributed by atoms with E-state index in [1.165, 1.54) is 12.1 Å². The van der Waals surface area contributed by atoms with Gasteiger partial charge in [0.2, 0.25) is 5.91 Å². The number of halogens is 2. The van der Waals surface area contributed by atoms with E-state index in [2.05, 4.69) is 5.32 Å². The standard InChI is InChI=1S/C33H29ClFNO4/c1-2-39-32(38)33(19-25-12-11-24(18-26(25)20-33)29-5-3-4-6-30(29)34)36-31(37)17-22-9-15-28(16-10-22)40-21-23-7-13-27(35)14-8-23/h3-16,18H,2,17,19-21H2,1H3,(H,36,37). The third-order valence-electron chi connectivity index (χ3n) is 7.03. The highest BCUT2D eigenvalue weighted by molar-refractivity contribution is 6.33. The summed E-state index contributed by atoms with van der Waals surface area (Å²) in [6.07, 6.45) is 0.786. The number of carbonyl (C=O) groups excluding carboxylic acids is 2. The van der Waals surface area contributed by atoms with Crippen molar-refractivity contribution in [1.29, 1.82) is 0 Å². The number of hydrogen-bond donors (Lipinski definition) is 1. The molecule has 5 rings (SSSR count). The van der Waals surface area contributed by atoms with Crippen molar-refractivity contribution in [1.82, 2.24) is 5.32 Å². The van der Waals surface area contributed by atoms with Gasteiger partial charge in [-0.3, -0.25) is 4.79 Å². The van der Waals surface area contributed by atoms with Crippen LogP contribution < -0.4 is 10.1 Å². The number of carbonyl (C=O) groups is 2. The van der Waals surface area contributed by atoms with E-state index in [1.54, 1.807) is 31.2 Å². The lowest BCUT2D eigenvalue weighted by Crippen LogP contribution is -2.56. The second kappa shape index (κ2) is 11.9. The minimum absolute atomic E-state index is 0.0978. The van der Waals surface area contributed by atoms with Crippen molar-refractivity contribution < 1.29 is 23.5 Å². The van der Waals surface area contributed by atoms with Gasteiger partial charge in [-0.2, -0.15) is 0 Å². The van der Waals surface area contributed by atoms with Crippen LogP contribution in [0.1, 0.15) is 29.2 Å². The molecule has 5 nitrogen and oxygen atoms in total. The zero-order valence-electron chi connectivity index (χ0n) is 22.1. The molecule has 0 saturated heterocycles. The quantitative estimate of drug-likeness (QED) is 0.239. The molecule has 0 bridgehead atoms. The number of ether oxygens (including phenoxy) is 2. The van der Waals surface area contributed by atoms with Crippen molar-refractivity contribution in [2.24, 2.45) is 0 Å². The third-order valence-corrected chi connectivity index (χ3v) is 7.36. The average molecular weight is 558 g/mol. The van der Waals surface area contributed by atoms with Gasteiger partial charge in [-0.15, -0.1) is 0 Å². The molecule has 1 aliphatic rings. The fraction of sp³-hybridized carbons (Fsp3) is 0.212. The second-order valence-electron chi connectivity index (χ2n) is 9.90. The molecule has 0 aliphatic heterocycles. The van der Waals surface area contributed by atoms with Crippen molar-refractivity contribution in [2.45, 2.75) is 38.3 Å². The fourth-order valence-corrected chi connectivity index (χ4v) is 5.28. The average Bonchev–Trinajstić information content (AvgIpc) is 3.32. The summed E-state index contributed by atoms with van der Waals surface area (Å²) in [4.78, 5) is 26.4. The molecule has 1 atom stereocenters. The number of fused-ring (bicyclic) bond motifs is 1. The Morgan fingerprint density at radius 3 is 2.33 bits per heavy atom. The van der Waals surface area contributed by atoms with E-state index in [-0.39, 0.29) is 24.8 Å². The molecule has 1 N–H and O–H groups in total. The van der Waals surface area contributed by atoms with Crippen LogP contribution in [-0.4, -0.2) is 24.0 Å². The van der Waals surface area contributed by atoms with Gasteiger partial charge in [0.1, 0.15) is 23.7 Å². The van der Waals surface area contributed by atoms with Crippen LogP contribution >= 0.6 is 11.6 Å². The highest BCUT2D eigenvalue weighted by atomic mass is 35.5. The van der Waals surface area contributed by atoms with Crippen molar-refractivity contribution in [3.63, 3.8) is 0 Å². The van der Waals surface area contributed by atoms with E-state index in [4.69, 9.17) is 21.1 Å². The van der Waals surface area contributed by atoms with Gasteiger partial charge in [-0.05, 0) is 65.1 Å². The zero-order chi connectivity index (χ0) is 28.1. The van der Waals surface area contributed by atoms with Gasteiger partial charge in [0.05, 0.1) is 13.0 Å². The number of nitrogens with one attached hydrogen (secondary N) is 1. The van der Waals surface area contributed by atoms with Crippen LogP contribution in [0.5, 0.6) is 5.75 Å². The molecule has 7 heteroatoms. The third kappa shape index (κ3) is 6.18. The topological polar surface area (TPSA) is 64.6 Å². The zero-order valence-corrected chi connectivity index (χ0v) is 22.8. The maximum Gasteiger partial charge on any atom is 0.332 e. The number of rotatable bonds is 9. The van der Waals surface area contributed by atoms with Crippen LogP contribution in [0.15, 0.2) is 91.0 Å². The van der Waals surface area contributed by atoms with Gasteiger partial charge in [-0.25, -0.2) is 9.18 Å². The van der Waals surface area contributed by atoms with E-state index in [0.717, 1.165) is 33.4 Å². The van der Waals surface area contributed by atoms with Gasteiger partial charge < -0.3 is 14.8 Å². The van der Waals surface area contributed by atoms with Crippen molar-refractivity contribution in [3.8, 4) is 16.9 Å². The molecule has 0 saturated carbocycles. The summed E-state index contributed by atoms with van der Waals surface area (Å²) in [5.74, 6) is -0.368. The summed E-state index contributed by atoms with van der Waals surface area (Å²) in [5.41, 5.74) is 4.30. The first-order valence-corrected chi connectivity index (χ1v) is 13.5. The smallest absolute Gasteiger partial charge is 0.332 e. The van der Waals surface area contributed by atoms with Crippen LogP contribution in [0, 0.1) is 5.82 Å². The Bertz CT molecular complexity index is 1520. The summed E-state index contributed by atoms with van der Waals surface area (Å²) < 4.78 is 24.3. The Kier molecular flexibility index (Phi) is 8.17. The predicted molar refractivity (Wildman–Crippen MR) is 153 cm³/mol. The fourth-order valence-electron chi connectivity index (χ4n) is 5.04. The second-order valence-corrected chi connectivity index (χ2v) is 10.3. The molecule has 204 valence electrons. The first kappa shape index (κ1) is 27.4. The van der Waals surface area contributed by atoms with Gasteiger partial charge in [-0.1, -0.05) is 72.3 Å². The highest BCUT2D eigenvalue weighted by Gasteiger charge is 2.46. The molecule has 1 unspecified atom stereocenters. The first-order valence-electron chi connectivity index (χ1n) is 13.2. The number of esters is 1. The van der Waals surface area contributed by atoms with Crippen LogP contribution in [0.2, 0.25) is 5.02 Å². The Morgan fingerprint density at radius 1 is 0.900 bits per heavy atom. The maximum absolute atomic E-state index is 13.2. The van der Waals surface area contributed by atoms with Crippen LogP contribution in [0.4, 0.5) is 4.39 Å². The van der Waals surface area contributed by atoms with E-state index in [9.17, 15) is 14.0 Å². The van der Waals surface area contributed by atoms with Crippen LogP contribution in [0.25, 0.3) is 11.1 Å². The predicted octanol–water partition coefficient (Wildman–Crippen LogP) is 6.48. The van der Waals surface area contributed by atoms with Crippen molar-refractivity contribution in [2.75, 3.05) is 6.61 Å². The molecular weight excluding hydrogens is 529 g/mol. The molecule has 40 heavy (non-hydrogen) atoms.